The van der Waals surface area contributed by atoms with Gasteiger partial charge in [-0.3, -0.25) is 4.79 Å². The van der Waals surface area contributed by atoms with Gasteiger partial charge in [-0.1, -0.05) is 5.21 Å². The molecule has 2 aromatic rings. The molecule has 0 unspecified atom stereocenters. The Morgan fingerprint density at radius 2 is 2.10 bits per heavy atom. The predicted molar refractivity (Wildman–Crippen MR) is 73.1 cm³/mol. The fraction of sp³-hybridized carbons (Fsp3) is 0.462. The van der Waals surface area contributed by atoms with Gasteiger partial charge in [-0.2, -0.15) is 13.2 Å². The van der Waals surface area contributed by atoms with Crippen molar-refractivity contribution in [1.29, 1.82) is 0 Å². The zero-order valence-electron chi connectivity index (χ0n) is 11.6. The van der Waals surface area contributed by atoms with Crippen molar-refractivity contribution in [2.75, 3.05) is 0 Å². The van der Waals surface area contributed by atoms with Gasteiger partial charge in [0.05, 0.1) is 17.5 Å². The van der Waals surface area contributed by atoms with E-state index in [4.69, 9.17) is 0 Å². The molecule has 0 N–H and O–H groups in total. The summed E-state index contributed by atoms with van der Waals surface area (Å²) in [5.41, 5.74) is 1.70. The van der Waals surface area contributed by atoms with E-state index in [0.29, 0.717) is 5.69 Å². The standard InChI is InChI=1S/C13H14F3N3OS/c1-8-5-9(2)21-12(8)11-7-19(18-17-11)6-10(20)3-4-13(14,15)16/h5,7H,3-4,6H2,1-2H3. The van der Waals surface area contributed by atoms with E-state index < -0.39 is 24.8 Å². The van der Waals surface area contributed by atoms with Gasteiger partial charge in [-0.05, 0) is 25.5 Å². The van der Waals surface area contributed by atoms with Crippen molar-refractivity contribution in [1.82, 2.24) is 15.0 Å². The third-order valence-corrected chi connectivity index (χ3v) is 4.01. The van der Waals surface area contributed by atoms with Gasteiger partial charge in [0.1, 0.15) is 12.2 Å². The number of rotatable bonds is 5. The minimum Gasteiger partial charge on any atom is -0.298 e. The highest BCUT2D eigenvalue weighted by atomic mass is 32.1. The van der Waals surface area contributed by atoms with Crippen LogP contribution in [0, 0.1) is 13.8 Å². The average Bonchev–Trinajstić information content (AvgIpc) is 2.92. The maximum Gasteiger partial charge on any atom is 0.389 e. The van der Waals surface area contributed by atoms with Gasteiger partial charge in [0, 0.05) is 11.3 Å². The number of carbonyl (C=O) groups is 1. The largest absolute Gasteiger partial charge is 0.389 e. The monoisotopic (exact) mass is 317 g/mol. The van der Waals surface area contributed by atoms with Crippen molar-refractivity contribution in [2.45, 2.75) is 39.4 Å². The number of carbonyl (C=O) groups excluding carboxylic acids is 1. The number of halogens is 3. The van der Waals surface area contributed by atoms with E-state index in [2.05, 4.69) is 10.3 Å². The molecule has 0 saturated carbocycles. The molecular formula is C13H14F3N3OS. The van der Waals surface area contributed by atoms with Crippen LogP contribution in [0.1, 0.15) is 23.3 Å². The highest BCUT2D eigenvalue weighted by molar-refractivity contribution is 7.15. The fourth-order valence-electron chi connectivity index (χ4n) is 1.92. The van der Waals surface area contributed by atoms with Crippen LogP contribution in [0.2, 0.25) is 0 Å². The Balaban J connectivity index is 2.00. The summed E-state index contributed by atoms with van der Waals surface area (Å²) < 4.78 is 37.4. The Hall–Kier alpha value is -1.70. The molecule has 8 heteroatoms. The smallest absolute Gasteiger partial charge is 0.298 e. The second-order valence-corrected chi connectivity index (χ2v) is 6.08. The number of aryl methyl sites for hydroxylation is 2. The molecule has 0 aliphatic carbocycles. The minimum atomic E-state index is -4.31. The second kappa shape index (κ2) is 5.97. The normalized spacial score (nSPS) is 11.9. The molecule has 0 spiro atoms. The molecule has 0 saturated heterocycles. The van der Waals surface area contributed by atoms with Crippen molar-refractivity contribution in [3.63, 3.8) is 0 Å². The molecule has 0 amide bonds. The first-order valence-corrected chi connectivity index (χ1v) is 7.12. The highest BCUT2D eigenvalue weighted by Crippen LogP contribution is 2.30. The van der Waals surface area contributed by atoms with E-state index in [-0.39, 0.29) is 6.54 Å². The van der Waals surface area contributed by atoms with Gasteiger partial charge in [0.15, 0.2) is 5.78 Å². The van der Waals surface area contributed by atoms with Crippen LogP contribution in [0.3, 0.4) is 0 Å². The van der Waals surface area contributed by atoms with E-state index >= 15 is 0 Å². The van der Waals surface area contributed by atoms with Crippen molar-refractivity contribution < 1.29 is 18.0 Å². The zero-order chi connectivity index (χ0) is 15.6. The first kappa shape index (κ1) is 15.7. The number of hydrogen-bond acceptors (Lipinski definition) is 4. The SMILES string of the molecule is Cc1cc(C)c(-c2cn(CC(=O)CCC(F)(F)F)nn2)s1. The lowest BCUT2D eigenvalue weighted by Crippen LogP contribution is -2.15. The molecule has 2 aromatic heterocycles. The van der Waals surface area contributed by atoms with E-state index in [1.54, 1.807) is 17.5 Å². The van der Waals surface area contributed by atoms with Crippen LogP contribution in [-0.4, -0.2) is 27.0 Å². The first-order valence-electron chi connectivity index (χ1n) is 6.30. The van der Waals surface area contributed by atoms with Crippen LogP contribution in [0.15, 0.2) is 12.3 Å². The summed E-state index contributed by atoms with van der Waals surface area (Å²) >= 11 is 1.56. The van der Waals surface area contributed by atoms with E-state index in [0.717, 1.165) is 15.3 Å². The Morgan fingerprint density at radius 3 is 2.67 bits per heavy atom. The number of hydrogen-bond donors (Lipinski definition) is 0. The Labute approximate surface area is 123 Å². The first-order chi connectivity index (χ1) is 9.74. The van der Waals surface area contributed by atoms with Gasteiger partial charge in [-0.25, -0.2) is 4.68 Å². The maximum absolute atomic E-state index is 12.0. The predicted octanol–water partition coefficient (Wildman–Crippen LogP) is 3.54. The number of thiophene rings is 1. The topological polar surface area (TPSA) is 47.8 Å². The minimum absolute atomic E-state index is 0.188. The summed E-state index contributed by atoms with van der Waals surface area (Å²) in [6, 6.07) is 2.02. The number of Topliss-reactive ketones (excluding diaryl/α,β-unsaturated/α-hetero) is 1. The molecule has 0 fully saturated rings. The van der Waals surface area contributed by atoms with Crippen LogP contribution >= 0.6 is 11.3 Å². The van der Waals surface area contributed by atoms with Gasteiger partial charge >= 0.3 is 6.18 Å². The average molecular weight is 317 g/mol. The van der Waals surface area contributed by atoms with E-state index in [9.17, 15) is 18.0 Å². The summed E-state index contributed by atoms with van der Waals surface area (Å²) in [4.78, 5) is 13.6. The van der Waals surface area contributed by atoms with E-state index in [1.807, 2.05) is 19.9 Å². The molecule has 0 aliphatic heterocycles. The van der Waals surface area contributed by atoms with Gasteiger partial charge in [-0.15, -0.1) is 16.4 Å². The summed E-state index contributed by atoms with van der Waals surface area (Å²) in [5.74, 6) is -0.511. The van der Waals surface area contributed by atoms with Crippen LogP contribution in [0.4, 0.5) is 13.2 Å². The Bertz CT molecular complexity index is 645. The third-order valence-electron chi connectivity index (χ3n) is 2.84. The van der Waals surface area contributed by atoms with Gasteiger partial charge < -0.3 is 0 Å². The number of aromatic nitrogens is 3. The molecule has 2 heterocycles. The molecule has 0 bridgehead atoms. The quantitative estimate of drug-likeness (QED) is 0.847. The maximum atomic E-state index is 12.0. The Kier molecular flexibility index (Phi) is 4.46. The summed E-state index contributed by atoms with van der Waals surface area (Å²) in [5, 5.41) is 7.77. The van der Waals surface area contributed by atoms with Crippen LogP contribution < -0.4 is 0 Å². The molecule has 0 radical (unpaired) electrons. The molecular weight excluding hydrogens is 303 g/mol. The molecule has 0 aliphatic rings. The van der Waals surface area contributed by atoms with Crippen molar-refractivity contribution in [3.05, 3.63) is 22.7 Å². The van der Waals surface area contributed by atoms with Crippen LogP contribution in [-0.2, 0) is 11.3 Å². The number of alkyl halides is 3. The summed E-state index contributed by atoms with van der Waals surface area (Å²) in [7, 11) is 0. The molecule has 2 rings (SSSR count). The van der Waals surface area contributed by atoms with Crippen molar-refractivity contribution in [3.8, 4) is 10.6 Å². The summed E-state index contributed by atoms with van der Waals surface area (Å²) in [6.07, 6.45) is -4.36. The molecule has 0 atom stereocenters. The number of nitrogens with zero attached hydrogens (tertiary/aromatic N) is 3. The lowest BCUT2D eigenvalue weighted by atomic mass is 10.2. The van der Waals surface area contributed by atoms with Crippen molar-refractivity contribution in [2.24, 2.45) is 0 Å². The lowest BCUT2D eigenvalue weighted by molar-refractivity contribution is -0.143. The fourth-order valence-corrected chi connectivity index (χ4v) is 2.89. The van der Waals surface area contributed by atoms with Crippen molar-refractivity contribution >= 4 is 17.1 Å². The van der Waals surface area contributed by atoms with E-state index in [1.165, 1.54) is 4.68 Å². The molecule has 4 nitrogen and oxygen atoms in total. The zero-order valence-corrected chi connectivity index (χ0v) is 12.4. The lowest BCUT2D eigenvalue weighted by Gasteiger charge is -2.04. The van der Waals surface area contributed by atoms with Crippen LogP contribution in [0.5, 0.6) is 0 Å². The number of ketones is 1. The third kappa shape index (κ3) is 4.38. The summed E-state index contributed by atoms with van der Waals surface area (Å²) in [6.45, 7) is 3.74. The molecule has 114 valence electrons. The van der Waals surface area contributed by atoms with Gasteiger partial charge in [0.25, 0.3) is 0 Å². The van der Waals surface area contributed by atoms with Crippen LogP contribution in [0.25, 0.3) is 10.6 Å². The molecule has 0 aromatic carbocycles. The highest BCUT2D eigenvalue weighted by Gasteiger charge is 2.27. The van der Waals surface area contributed by atoms with Gasteiger partial charge in [0.2, 0.25) is 0 Å². The second-order valence-electron chi connectivity index (χ2n) is 4.82. The molecule has 21 heavy (non-hydrogen) atoms. The Morgan fingerprint density at radius 1 is 1.38 bits per heavy atom.